The van der Waals surface area contributed by atoms with Crippen LogP contribution in [0.2, 0.25) is 0 Å². The first kappa shape index (κ1) is 11.1. The van der Waals surface area contributed by atoms with Gasteiger partial charge in [-0.3, -0.25) is 0 Å². The van der Waals surface area contributed by atoms with Crippen LogP contribution in [0.15, 0.2) is 41.7 Å². The minimum Gasteiger partial charge on any atom is -0.504 e. The number of aliphatic hydroxyl groups excluding tert-OH is 1. The van der Waals surface area contributed by atoms with Crippen molar-refractivity contribution in [1.29, 1.82) is 0 Å². The van der Waals surface area contributed by atoms with Crippen LogP contribution in [0, 0.1) is 0 Å². The summed E-state index contributed by atoms with van der Waals surface area (Å²) < 4.78 is 4.95. The van der Waals surface area contributed by atoms with Crippen molar-refractivity contribution in [3.8, 4) is 0 Å². The summed E-state index contributed by atoms with van der Waals surface area (Å²) in [5.74, 6) is 1.78. The molecule has 0 aromatic heterocycles. The fourth-order valence-corrected chi connectivity index (χ4v) is 1.20. The van der Waals surface area contributed by atoms with Gasteiger partial charge in [0.25, 0.3) is 0 Å². The van der Waals surface area contributed by atoms with Crippen LogP contribution in [0.1, 0.15) is 12.5 Å². The smallest absolute Gasteiger partial charge is 0.175 e. The maximum Gasteiger partial charge on any atom is 0.175 e. The predicted octanol–water partition coefficient (Wildman–Crippen LogP) is 2.34. The van der Waals surface area contributed by atoms with E-state index < -0.39 is 0 Å². The number of hydrogen-bond acceptors (Lipinski definition) is 3. The van der Waals surface area contributed by atoms with Crippen molar-refractivity contribution in [3.05, 3.63) is 47.2 Å². The van der Waals surface area contributed by atoms with Crippen LogP contribution in [0.3, 0.4) is 0 Å². The first-order chi connectivity index (χ1) is 7.20. The molecule has 0 atom stereocenters. The lowest BCUT2D eigenvalue weighted by Crippen LogP contribution is -1.96. The van der Waals surface area contributed by atoms with E-state index in [0.717, 1.165) is 0 Å². The number of rotatable bonds is 3. The normalized spacial score (nSPS) is 11.3. The summed E-state index contributed by atoms with van der Waals surface area (Å²) in [6, 6.07) is 8.88. The molecule has 0 aliphatic rings. The van der Waals surface area contributed by atoms with Crippen LogP contribution in [-0.4, -0.2) is 18.2 Å². The monoisotopic (exact) mass is 204 g/mol. The first-order valence-electron chi connectivity index (χ1n) is 4.45. The second kappa shape index (κ2) is 5.03. The van der Waals surface area contributed by atoms with Crippen molar-refractivity contribution in [2.75, 3.05) is 7.11 Å². The van der Waals surface area contributed by atoms with Gasteiger partial charge in [-0.05, 0) is 6.92 Å². The zero-order valence-corrected chi connectivity index (χ0v) is 8.65. The molecule has 0 heterocycles. The lowest BCUT2D eigenvalue weighted by Gasteiger charge is -2.07. The van der Waals surface area contributed by atoms with E-state index >= 15 is 0 Å². The molecule has 0 unspecified atom stereocenters. The Kier molecular flexibility index (Phi) is 3.72. The molecule has 0 fully saturated rings. The van der Waals surface area contributed by atoms with Crippen LogP contribution >= 0.6 is 0 Å². The fourth-order valence-electron chi connectivity index (χ4n) is 1.20. The van der Waals surface area contributed by atoms with Crippen molar-refractivity contribution < 1.29 is 14.6 Å². The van der Waals surface area contributed by atoms with Gasteiger partial charge < -0.3 is 9.84 Å². The van der Waals surface area contributed by atoms with Crippen molar-refractivity contribution in [1.82, 2.24) is 0 Å². The van der Waals surface area contributed by atoms with Crippen LogP contribution in [0.25, 0.3) is 5.76 Å². The Morgan fingerprint density at radius 2 is 1.93 bits per heavy atom. The van der Waals surface area contributed by atoms with Gasteiger partial charge in [0.15, 0.2) is 11.5 Å². The molecule has 78 valence electrons. The molecule has 1 aromatic carbocycles. The van der Waals surface area contributed by atoms with Crippen molar-refractivity contribution >= 4 is 11.7 Å². The molecule has 0 radical (unpaired) electrons. The minimum absolute atomic E-state index is 0.0565. The van der Waals surface area contributed by atoms with Gasteiger partial charge in [0.05, 0.1) is 12.7 Å². The van der Waals surface area contributed by atoms with E-state index in [-0.39, 0.29) is 17.1 Å². The third-order valence-corrected chi connectivity index (χ3v) is 1.96. The summed E-state index contributed by atoms with van der Waals surface area (Å²) in [6.45, 7) is 1.53. The Bertz CT molecular complexity index is 412. The first-order valence-corrected chi connectivity index (χ1v) is 4.45. The van der Waals surface area contributed by atoms with Gasteiger partial charge in [-0.2, -0.15) is 0 Å². The minimum atomic E-state index is -0.0565. The third-order valence-electron chi connectivity index (χ3n) is 1.96. The Labute approximate surface area is 88.3 Å². The van der Waals surface area contributed by atoms with Crippen LogP contribution in [0.4, 0.5) is 0 Å². The summed E-state index contributed by atoms with van der Waals surface area (Å²) >= 11 is 0. The molecule has 1 N–H and O–H groups in total. The van der Waals surface area contributed by atoms with Gasteiger partial charge in [-0.1, -0.05) is 30.3 Å². The summed E-state index contributed by atoms with van der Waals surface area (Å²) in [5, 5.41) is 9.84. The van der Waals surface area contributed by atoms with Crippen LogP contribution in [0.5, 0.6) is 0 Å². The van der Waals surface area contributed by atoms with Crippen molar-refractivity contribution in [3.63, 3.8) is 0 Å². The summed E-state index contributed by atoms with van der Waals surface area (Å²) in [5.41, 5.74) is 0.836. The SMILES string of the molecule is CO/C(C(C)=C=O)=C(\O)c1ccccc1. The number of carbonyl (C=O) groups excluding carboxylic acids is 1. The number of allylic oxidation sites excluding steroid dienone is 1. The number of benzene rings is 1. The molecule has 0 bridgehead atoms. The van der Waals surface area contributed by atoms with Gasteiger partial charge in [0, 0.05) is 5.56 Å². The largest absolute Gasteiger partial charge is 0.504 e. The summed E-state index contributed by atoms with van der Waals surface area (Å²) in [4.78, 5) is 10.5. The molecule has 1 rings (SSSR count). The molecule has 0 spiro atoms. The summed E-state index contributed by atoms with van der Waals surface area (Å²) in [7, 11) is 1.40. The van der Waals surface area contributed by atoms with E-state index in [4.69, 9.17) is 4.74 Å². The second-order valence-electron chi connectivity index (χ2n) is 2.97. The Balaban J connectivity index is 3.24. The zero-order valence-electron chi connectivity index (χ0n) is 8.65. The molecule has 0 saturated heterocycles. The third kappa shape index (κ3) is 2.48. The molecular formula is C12H12O3. The Morgan fingerprint density at radius 1 is 1.33 bits per heavy atom. The highest BCUT2D eigenvalue weighted by Crippen LogP contribution is 2.20. The quantitative estimate of drug-likeness (QED) is 0.467. The van der Waals surface area contributed by atoms with Crippen molar-refractivity contribution in [2.45, 2.75) is 6.92 Å². The van der Waals surface area contributed by atoms with E-state index in [2.05, 4.69) is 0 Å². The molecule has 3 nitrogen and oxygen atoms in total. The lowest BCUT2D eigenvalue weighted by atomic mass is 10.1. The fraction of sp³-hybridized carbons (Fsp3) is 0.167. The number of aliphatic hydroxyl groups is 1. The van der Waals surface area contributed by atoms with E-state index in [1.54, 1.807) is 30.2 Å². The molecule has 0 aliphatic heterocycles. The van der Waals surface area contributed by atoms with Crippen LogP contribution < -0.4 is 0 Å². The van der Waals surface area contributed by atoms with E-state index in [0.29, 0.717) is 5.56 Å². The van der Waals surface area contributed by atoms with E-state index in [9.17, 15) is 9.90 Å². The Hall–Kier alpha value is -1.99. The molecule has 15 heavy (non-hydrogen) atoms. The number of ether oxygens (including phenoxy) is 1. The molecular weight excluding hydrogens is 192 g/mol. The molecule has 0 amide bonds. The highest BCUT2D eigenvalue weighted by Gasteiger charge is 2.10. The Morgan fingerprint density at radius 3 is 2.40 bits per heavy atom. The molecule has 1 aromatic rings. The molecule has 0 aliphatic carbocycles. The number of methoxy groups -OCH3 is 1. The molecule has 0 saturated carbocycles. The van der Waals surface area contributed by atoms with Gasteiger partial charge in [-0.25, -0.2) is 4.79 Å². The zero-order chi connectivity index (χ0) is 11.3. The lowest BCUT2D eigenvalue weighted by molar-refractivity contribution is 0.289. The van der Waals surface area contributed by atoms with Crippen LogP contribution in [-0.2, 0) is 9.53 Å². The standard InChI is InChI=1S/C12H12O3/c1-9(8-13)12(15-2)11(14)10-6-4-3-5-7-10/h3-7,14H,1-2H3/b12-11-. The second-order valence-corrected chi connectivity index (χ2v) is 2.97. The topological polar surface area (TPSA) is 46.5 Å². The highest BCUT2D eigenvalue weighted by atomic mass is 16.5. The van der Waals surface area contributed by atoms with Gasteiger partial charge in [0.1, 0.15) is 5.94 Å². The maximum absolute atomic E-state index is 10.5. The number of hydrogen-bond donors (Lipinski definition) is 1. The van der Waals surface area contributed by atoms with E-state index in [1.165, 1.54) is 14.0 Å². The average Bonchev–Trinajstić information content (AvgIpc) is 2.30. The average molecular weight is 204 g/mol. The van der Waals surface area contributed by atoms with Gasteiger partial charge in [-0.15, -0.1) is 0 Å². The van der Waals surface area contributed by atoms with Gasteiger partial charge >= 0.3 is 0 Å². The molecule has 3 heteroatoms. The van der Waals surface area contributed by atoms with Crippen molar-refractivity contribution in [2.24, 2.45) is 0 Å². The summed E-state index contributed by atoms with van der Waals surface area (Å²) in [6.07, 6.45) is 0. The van der Waals surface area contributed by atoms with Gasteiger partial charge in [0.2, 0.25) is 0 Å². The highest BCUT2D eigenvalue weighted by molar-refractivity contribution is 5.70. The van der Waals surface area contributed by atoms with E-state index in [1.807, 2.05) is 6.07 Å². The predicted molar refractivity (Wildman–Crippen MR) is 57.9 cm³/mol. The maximum atomic E-state index is 10.5.